The van der Waals surface area contributed by atoms with Crippen molar-refractivity contribution in [3.8, 4) is 28.7 Å². The number of ether oxygens (including phenoxy) is 2. The summed E-state index contributed by atoms with van der Waals surface area (Å²) in [4.78, 5) is 12.6. The second-order valence-electron chi connectivity index (χ2n) is 4.57. The van der Waals surface area contributed by atoms with Crippen LogP contribution in [-0.4, -0.2) is 29.5 Å². The molecule has 3 rings (SSSR count). The van der Waals surface area contributed by atoms with E-state index < -0.39 is 11.2 Å². The van der Waals surface area contributed by atoms with E-state index in [-0.39, 0.29) is 44.9 Å². The van der Waals surface area contributed by atoms with Crippen LogP contribution in [0.2, 0.25) is 0 Å². The standard InChI is InChI=1S/C15H12O7/c1-20-9-4-3-6(16)10-12(19)11-7(17)5-8(18)13(21-2)15(11)22-14(9)10/h3-5,16-18H,1-2H3. The zero-order valence-corrected chi connectivity index (χ0v) is 11.7. The summed E-state index contributed by atoms with van der Waals surface area (Å²) in [5, 5.41) is 29.3. The van der Waals surface area contributed by atoms with E-state index in [4.69, 9.17) is 13.9 Å². The molecule has 7 heteroatoms. The number of aromatic hydroxyl groups is 3. The van der Waals surface area contributed by atoms with E-state index in [1.54, 1.807) is 0 Å². The molecular formula is C15H12O7. The molecule has 0 radical (unpaired) electrons. The smallest absolute Gasteiger partial charge is 0.208 e. The molecule has 0 spiro atoms. The van der Waals surface area contributed by atoms with E-state index in [9.17, 15) is 20.1 Å². The van der Waals surface area contributed by atoms with Gasteiger partial charge in [-0.1, -0.05) is 0 Å². The molecule has 0 fully saturated rings. The Labute approximate surface area is 123 Å². The molecule has 1 aromatic heterocycles. The third-order valence-electron chi connectivity index (χ3n) is 3.38. The molecule has 2 aromatic carbocycles. The molecule has 0 aliphatic rings. The van der Waals surface area contributed by atoms with E-state index in [0.717, 1.165) is 6.07 Å². The van der Waals surface area contributed by atoms with Gasteiger partial charge in [-0.05, 0) is 12.1 Å². The number of methoxy groups -OCH3 is 2. The molecule has 0 atom stereocenters. The van der Waals surface area contributed by atoms with Crippen LogP contribution in [0.15, 0.2) is 27.4 Å². The third kappa shape index (κ3) is 1.72. The first-order valence-electron chi connectivity index (χ1n) is 6.25. The highest BCUT2D eigenvalue weighted by Gasteiger charge is 2.22. The first kappa shape index (κ1) is 13.9. The number of fused-ring (bicyclic) bond motifs is 2. The van der Waals surface area contributed by atoms with E-state index in [1.165, 1.54) is 26.4 Å². The van der Waals surface area contributed by atoms with Crippen LogP contribution >= 0.6 is 0 Å². The Morgan fingerprint density at radius 1 is 0.909 bits per heavy atom. The molecule has 3 N–H and O–H groups in total. The minimum Gasteiger partial charge on any atom is -0.507 e. The molecule has 0 bridgehead atoms. The average molecular weight is 304 g/mol. The number of phenols is 3. The van der Waals surface area contributed by atoms with E-state index in [2.05, 4.69) is 0 Å². The van der Waals surface area contributed by atoms with Crippen LogP contribution in [0.1, 0.15) is 0 Å². The van der Waals surface area contributed by atoms with Crippen LogP contribution < -0.4 is 14.9 Å². The molecule has 1 heterocycles. The van der Waals surface area contributed by atoms with Gasteiger partial charge in [0.05, 0.1) is 14.2 Å². The van der Waals surface area contributed by atoms with E-state index in [0.29, 0.717) is 0 Å². The highest BCUT2D eigenvalue weighted by Crippen LogP contribution is 2.42. The lowest BCUT2D eigenvalue weighted by Gasteiger charge is -2.11. The van der Waals surface area contributed by atoms with Crippen LogP contribution in [0.3, 0.4) is 0 Å². The van der Waals surface area contributed by atoms with E-state index in [1.807, 2.05) is 0 Å². The molecule has 7 nitrogen and oxygen atoms in total. The Kier molecular flexibility index (Phi) is 2.98. The first-order chi connectivity index (χ1) is 10.5. The second kappa shape index (κ2) is 4.73. The Morgan fingerprint density at radius 3 is 2.23 bits per heavy atom. The summed E-state index contributed by atoms with van der Waals surface area (Å²) in [5.74, 6) is -1.05. The molecule has 0 aliphatic heterocycles. The largest absolute Gasteiger partial charge is 0.507 e. The van der Waals surface area contributed by atoms with Crippen LogP contribution in [-0.2, 0) is 0 Å². The Hall–Kier alpha value is -3.09. The fourth-order valence-electron chi connectivity index (χ4n) is 2.39. The monoisotopic (exact) mass is 304 g/mol. The number of phenolic OH excluding ortho intramolecular Hbond substituents is 3. The van der Waals surface area contributed by atoms with Gasteiger partial charge in [0.2, 0.25) is 11.2 Å². The Bertz CT molecular complexity index is 956. The maximum absolute atomic E-state index is 12.6. The van der Waals surface area contributed by atoms with Crippen molar-refractivity contribution >= 4 is 21.9 Å². The molecule has 0 saturated heterocycles. The molecule has 0 aliphatic carbocycles. The lowest BCUT2D eigenvalue weighted by molar-refractivity contribution is 0.367. The van der Waals surface area contributed by atoms with Crippen molar-refractivity contribution in [1.29, 1.82) is 0 Å². The van der Waals surface area contributed by atoms with Crippen molar-refractivity contribution in [2.24, 2.45) is 0 Å². The summed E-state index contributed by atoms with van der Waals surface area (Å²) in [6.07, 6.45) is 0. The molecular weight excluding hydrogens is 292 g/mol. The molecule has 0 saturated carbocycles. The normalized spacial score (nSPS) is 11.0. The summed E-state index contributed by atoms with van der Waals surface area (Å²) >= 11 is 0. The predicted octanol–water partition coefficient (Wildman–Crippen LogP) is 2.08. The van der Waals surface area contributed by atoms with Crippen LogP contribution in [0.25, 0.3) is 21.9 Å². The minimum atomic E-state index is -0.663. The molecule has 0 unspecified atom stereocenters. The first-order valence-corrected chi connectivity index (χ1v) is 6.25. The summed E-state index contributed by atoms with van der Waals surface area (Å²) in [7, 11) is 2.67. The van der Waals surface area contributed by atoms with Crippen LogP contribution in [0, 0.1) is 0 Å². The van der Waals surface area contributed by atoms with Crippen LogP contribution in [0.5, 0.6) is 28.7 Å². The molecule has 22 heavy (non-hydrogen) atoms. The molecule has 114 valence electrons. The van der Waals surface area contributed by atoms with Gasteiger partial charge in [0.1, 0.15) is 22.3 Å². The number of rotatable bonds is 2. The summed E-state index contributed by atoms with van der Waals surface area (Å²) in [6, 6.07) is 3.70. The maximum Gasteiger partial charge on any atom is 0.208 e. The van der Waals surface area contributed by atoms with Gasteiger partial charge in [-0.3, -0.25) is 4.79 Å². The van der Waals surface area contributed by atoms with Gasteiger partial charge >= 0.3 is 0 Å². The lowest BCUT2D eigenvalue weighted by Crippen LogP contribution is -2.04. The highest BCUT2D eigenvalue weighted by atomic mass is 16.5. The SMILES string of the molecule is COc1ccc(O)c2c(=O)c3c(O)cc(O)c(OC)c3oc12. The van der Waals surface area contributed by atoms with Gasteiger partial charge in [-0.25, -0.2) is 0 Å². The number of hydrogen-bond donors (Lipinski definition) is 3. The van der Waals surface area contributed by atoms with Crippen LogP contribution in [0.4, 0.5) is 0 Å². The summed E-state index contributed by atoms with van der Waals surface area (Å²) < 4.78 is 15.7. The average Bonchev–Trinajstić information content (AvgIpc) is 2.47. The van der Waals surface area contributed by atoms with Crippen molar-refractivity contribution in [1.82, 2.24) is 0 Å². The zero-order chi connectivity index (χ0) is 16.0. The van der Waals surface area contributed by atoms with Gasteiger partial charge in [-0.2, -0.15) is 0 Å². The number of hydrogen-bond acceptors (Lipinski definition) is 7. The quantitative estimate of drug-likeness (QED) is 0.622. The predicted molar refractivity (Wildman–Crippen MR) is 78.1 cm³/mol. The zero-order valence-electron chi connectivity index (χ0n) is 11.7. The fraction of sp³-hybridized carbons (Fsp3) is 0.133. The van der Waals surface area contributed by atoms with Crippen molar-refractivity contribution < 1.29 is 29.2 Å². The van der Waals surface area contributed by atoms with Gasteiger partial charge in [-0.15, -0.1) is 0 Å². The number of benzene rings is 2. The van der Waals surface area contributed by atoms with Gasteiger partial charge in [0.25, 0.3) is 0 Å². The van der Waals surface area contributed by atoms with Crippen molar-refractivity contribution in [3.05, 3.63) is 28.4 Å². The minimum absolute atomic E-state index is 0.0108. The van der Waals surface area contributed by atoms with Gasteiger partial charge < -0.3 is 29.2 Å². The molecule has 0 amide bonds. The van der Waals surface area contributed by atoms with Gasteiger partial charge in [0, 0.05) is 6.07 Å². The Morgan fingerprint density at radius 2 is 1.59 bits per heavy atom. The topological polar surface area (TPSA) is 109 Å². The van der Waals surface area contributed by atoms with Crippen molar-refractivity contribution in [2.75, 3.05) is 14.2 Å². The molecule has 3 aromatic rings. The van der Waals surface area contributed by atoms with Crippen molar-refractivity contribution in [2.45, 2.75) is 0 Å². The Balaban J connectivity index is 2.67. The van der Waals surface area contributed by atoms with E-state index >= 15 is 0 Å². The van der Waals surface area contributed by atoms with Gasteiger partial charge in [0.15, 0.2) is 22.7 Å². The summed E-state index contributed by atoms with van der Waals surface area (Å²) in [5.41, 5.74) is -0.812. The second-order valence-corrected chi connectivity index (χ2v) is 4.57. The third-order valence-corrected chi connectivity index (χ3v) is 3.38. The maximum atomic E-state index is 12.6. The lowest BCUT2D eigenvalue weighted by atomic mass is 10.1. The van der Waals surface area contributed by atoms with Crippen molar-refractivity contribution in [3.63, 3.8) is 0 Å². The highest BCUT2D eigenvalue weighted by molar-refractivity contribution is 6.00. The fourth-order valence-corrected chi connectivity index (χ4v) is 2.39. The summed E-state index contributed by atoms with van der Waals surface area (Å²) in [6.45, 7) is 0.